The number of imide groups is 1. The minimum absolute atomic E-state index is 0.335. The van der Waals surface area contributed by atoms with E-state index in [9.17, 15) is 18.8 Å². The van der Waals surface area contributed by atoms with E-state index < -0.39 is 35.7 Å². The van der Waals surface area contributed by atoms with Crippen LogP contribution in [-0.4, -0.2) is 29.3 Å². The lowest BCUT2D eigenvalue weighted by Gasteiger charge is -2.27. The van der Waals surface area contributed by atoms with E-state index in [1.165, 1.54) is 30.3 Å². The van der Waals surface area contributed by atoms with Crippen LogP contribution in [-0.2, 0) is 15.1 Å². The van der Waals surface area contributed by atoms with Crippen LogP contribution in [0.2, 0.25) is 0 Å². The number of unbranched alkanes of at least 4 members (excludes halogenated alkanes) is 1. The van der Waals surface area contributed by atoms with E-state index in [1.807, 2.05) is 13.0 Å². The van der Waals surface area contributed by atoms with E-state index in [0.717, 1.165) is 11.3 Å². The van der Waals surface area contributed by atoms with E-state index in [4.69, 9.17) is 5.26 Å². The number of benzene rings is 2. The van der Waals surface area contributed by atoms with Gasteiger partial charge in [0.1, 0.15) is 17.9 Å². The second kappa shape index (κ2) is 8.74. The fourth-order valence-electron chi connectivity index (χ4n) is 3.47. The normalized spacial score (nSPS) is 18.1. The zero-order valence-electron chi connectivity index (χ0n) is 16.4. The summed E-state index contributed by atoms with van der Waals surface area (Å²) in [5, 5.41) is 14.3. The number of hydrogen-bond donors (Lipinski definition) is 2. The zero-order valence-corrected chi connectivity index (χ0v) is 16.4. The number of anilines is 1. The van der Waals surface area contributed by atoms with Crippen LogP contribution < -0.4 is 10.6 Å². The average molecular weight is 408 g/mol. The molecule has 1 aliphatic heterocycles. The first-order valence-corrected chi connectivity index (χ1v) is 9.60. The van der Waals surface area contributed by atoms with E-state index in [-0.39, 0.29) is 0 Å². The largest absolute Gasteiger partial charge is 0.325 e. The molecule has 2 aromatic carbocycles. The maximum Gasteiger partial charge on any atom is 0.325 e. The molecule has 0 spiro atoms. The van der Waals surface area contributed by atoms with Crippen molar-refractivity contribution in [2.45, 2.75) is 31.7 Å². The second-order valence-electron chi connectivity index (χ2n) is 7.08. The smallest absolute Gasteiger partial charge is 0.324 e. The molecule has 1 atom stereocenters. The maximum atomic E-state index is 13.4. The molecule has 1 fully saturated rings. The Morgan fingerprint density at radius 2 is 1.97 bits per heavy atom. The summed E-state index contributed by atoms with van der Waals surface area (Å²) >= 11 is 0. The summed E-state index contributed by atoms with van der Waals surface area (Å²) in [7, 11) is 0. The average Bonchev–Trinajstić information content (AvgIpc) is 2.98. The van der Waals surface area contributed by atoms with Gasteiger partial charge in [-0.25, -0.2) is 9.18 Å². The Bertz CT molecular complexity index is 1020. The molecule has 30 heavy (non-hydrogen) atoms. The third kappa shape index (κ3) is 4.15. The lowest BCUT2D eigenvalue weighted by Crippen LogP contribution is -2.44. The number of carbonyl (C=O) groups excluding carboxylic acids is 3. The van der Waals surface area contributed by atoms with Gasteiger partial charge in [0.25, 0.3) is 5.91 Å². The fraction of sp³-hybridized carbons (Fsp3) is 0.273. The molecule has 2 aromatic rings. The van der Waals surface area contributed by atoms with Crippen molar-refractivity contribution in [1.82, 2.24) is 10.2 Å². The summed E-state index contributed by atoms with van der Waals surface area (Å²) in [5.74, 6) is -1.57. The van der Waals surface area contributed by atoms with Crippen LogP contribution in [0, 0.1) is 17.1 Å². The van der Waals surface area contributed by atoms with Gasteiger partial charge in [-0.15, -0.1) is 0 Å². The molecular formula is C22H21FN4O3. The van der Waals surface area contributed by atoms with Crippen molar-refractivity contribution in [2.24, 2.45) is 0 Å². The molecule has 0 aliphatic carbocycles. The summed E-state index contributed by atoms with van der Waals surface area (Å²) < 4.78 is 13.4. The quantitative estimate of drug-likeness (QED) is 0.687. The van der Waals surface area contributed by atoms with Crippen molar-refractivity contribution in [3.63, 3.8) is 0 Å². The Hall–Kier alpha value is -3.73. The van der Waals surface area contributed by atoms with E-state index in [1.54, 1.807) is 18.2 Å². The Labute approximate surface area is 173 Å². The number of amides is 4. The third-order valence-corrected chi connectivity index (χ3v) is 5.00. The zero-order chi connectivity index (χ0) is 21.7. The van der Waals surface area contributed by atoms with Crippen molar-refractivity contribution in [2.75, 3.05) is 11.9 Å². The van der Waals surface area contributed by atoms with Crippen molar-refractivity contribution in [3.8, 4) is 6.07 Å². The van der Waals surface area contributed by atoms with Gasteiger partial charge in [0.05, 0.1) is 11.6 Å². The van der Waals surface area contributed by atoms with Crippen molar-refractivity contribution in [3.05, 3.63) is 65.5 Å². The highest BCUT2D eigenvalue weighted by atomic mass is 19.1. The highest BCUT2D eigenvalue weighted by Crippen LogP contribution is 2.34. The van der Waals surface area contributed by atoms with Gasteiger partial charge in [-0.3, -0.25) is 14.5 Å². The lowest BCUT2D eigenvalue weighted by molar-refractivity contribution is -0.134. The van der Waals surface area contributed by atoms with Crippen LogP contribution in [0.3, 0.4) is 0 Å². The Kier molecular flexibility index (Phi) is 6.11. The molecule has 1 heterocycles. The van der Waals surface area contributed by atoms with Crippen molar-refractivity contribution < 1.29 is 18.8 Å². The minimum Gasteiger partial charge on any atom is -0.324 e. The van der Waals surface area contributed by atoms with Gasteiger partial charge in [0.2, 0.25) is 5.91 Å². The molecule has 0 bridgehead atoms. The number of nitriles is 1. The number of rotatable bonds is 7. The van der Waals surface area contributed by atoms with Crippen LogP contribution in [0.4, 0.5) is 14.9 Å². The second-order valence-corrected chi connectivity index (χ2v) is 7.08. The molecule has 0 unspecified atom stereocenters. The Morgan fingerprint density at radius 1 is 1.23 bits per heavy atom. The molecule has 0 aromatic heterocycles. The maximum absolute atomic E-state index is 13.4. The van der Waals surface area contributed by atoms with Gasteiger partial charge >= 0.3 is 6.03 Å². The molecule has 4 amide bonds. The highest BCUT2D eigenvalue weighted by Gasteiger charge is 2.52. The summed E-state index contributed by atoms with van der Waals surface area (Å²) in [5.41, 5.74) is -0.0955. The van der Waals surface area contributed by atoms with Gasteiger partial charge in [-0.1, -0.05) is 38.0 Å². The van der Waals surface area contributed by atoms with Crippen molar-refractivity contribution in [1.29, 1.82) is 5.26 Å². The molecule has 8 heteroatoms. The summed E-state index contributed by atoms with van der Waals surface area (Å²) in [6, 6.07) is 13.0. The summed E-state index contributed by atoms with van der Waals surface area (Å²) in [6.07, 6.45) is 1.79. The molecule has 3 rings (SSSR count). The number of hydrogen-bond acceptors (Lipinski definition) is 4. The molecule has 7 nitrogen and oxygen atoms in total. The van der Waals surface area contributed by atoms with Crippen LogP contribution in [0.25, 0.3) is 0 Å². The lowest BCUT2D eigenvalue weighted by atomic mass is 9.85. The Morgan fingerprint density at radius 3 is 2.63 bits per heavy atom. The van der Waals surface area contributed by atoms with Gasteiger partial charge in [0.15, 0.2) is 0 Å². The van der Waals surface area contributed by atoms with Crippen LogP contribution >= 0.6 is 0 Å². The molecule has 1 aliphatic rings. The van der Waals surface area contributed by atoms with Gasteiger partial charge in [0, 0.05) is 5.69 Å². The van der Waals surface area contributed by atoms with Gasteiger partial charge in [-0.05, 0) is 42.3 Å². The predicted molar refractivity (Wildman–Crippen MR) is 108 cm³/mol. The van der Waals surface area contributed by atoms with Gasteiger partial charge < -0.3 is 10.6 Å². The van der Waals surface area contributed by atoms with Crippen LogP contribution in [0.1, 0.15) is 37.3 Å². The molecule has 154 valence electrons. The SMILES string of the molecule is CCCC[C@]1(c2ccc(F)cc2)NC(=O)N(CC(=O)Nc2cccc(C#N)c2)C1=O. The first kappa shape index (κ1) is 21.0. The summed E-state index contributed by atoms with van der Waals surface area (Å²) in [4.78, 5) is 39.1. The topological polar surface area (TPSA) is 102 Å². The molecular weight excluding hydrogens is 387 g/mol. The minimum atomic E-state index is -1.33. The van der Waals surface area contributed by atoms with E-state index in [2.05, 4.69) is 10.6 Å². The molecule has 0 radical (unpaired) electrons. The van der Waals surface area contributed by atoms with E-state index >= 15 is 0 Å². The third-order valence-electron chi connectivity index (χ3n) is 5.00. The van der Waals surface area contributed by atoms with Crippen LogP contribution in [0.15, 0.2) is 48.5 Å². The monoisotopic (exact) mass is 408 g/mol. The first-order valence-electron chi connectivity index (χ1n) is 9.60. The Balaban J connectivity index is 1.81. The van der Waals surface area contributed by atoms with Gasteiger partial charge in [-0.2, -0.15) is 5.26 Å². The predicted octanol–water partition coefficient (Wildman–Crippen LogP) is 3.27. The summed E-state index contributed by atoms with van der Waals surface area (Å²) in [6.45, 7) is 1.48. The number of urea groups is 1. The van der Waals surface area contributed by atoms with Crippen molar-refractivity contribution >= 4 is 23.5 Å². The number of carbonyl (C=O) groups is 3. The highest BCUT2D eigenvalue weighted by molar-refractivity contribution is 6.10. The number of nitrogens with one attached hydrogen (secondary N) is 2. The fourth-order valence-corrected chi connectivity index (χ4v) is 3.47. The van der Waals surface area contributed by atoms with E-state index in [0.29, 0.717) is 29.7 Å². The number of halogens is 1. The molecule has 1 saturated heterocycles. The standard InChI is InChI=1S/C22H21FN4O3/c1-2-3-11-22(16-7-9-17(23)10-8-16)20(29)27(21(30)26-22)14-19(28)25-18-6-4-5-15(12-18)13-24/h4-10,12H,2-3,11,14H2,1H3,(H,25,28)(H,26,30)/t22-/m1/s1. The van der Waals surface area contributed by atoms with Crippen LogP contribution in [0.5, 0.6) is 0 Å². The molecule has 0 saturated carbocycles. The molecule has 2 N–H and O–H groups in total. The number of nitrogens with zero attached hydrogens (tertiary/aromatic N) is 2. The first-order chi connectivity index (χ1) is 14.4.